The van der Waals surface area contributed by atoms with Gasteiger partial charge in [-0.1, -0.05) is 118 Å². The van der Waals surface area contributed by atoms with Gasteiger partial charge in [-0.2, -0.15) is 0 Å². The summed E-state index contributed by atoms with van der Waals surface area (Å²) in [5, 5.41) is 0. The third kappa shape index (κ3) is 5.71. The van der Waals surface area contributed by atoms with E-state index in [1.54, 1.807) is 0 Å². The lowest BCUT2D eigenvalue weighted by molar-refractivity contribution is 0.333. The number of hydrogen-bond donors (Lipinski definition) is 0. The van der Waals surface area contributed by atoms with Crippen molar-refractivity contribution < 1.29 is 4.74 Å². The summed E-state index contributed by atoms with van der Waals surface area (Å²) in [5.74, 6) is 0. The Balaban J connectivity index is 1.49. The molecule has 4 aromatic carbocycles. The van der Waals surface area contributed by atoms with Crippen LogP contribution in [0.25, 0.3) is 0 Å². The molecule has 3 aliphatic heterocycles. The molecule has 0 saturated carbocycles. The minimum atomic E-state index is -0.0524. The molecule has 0 amide bonds. The highest BCUT2D eigenvalue weighted by Gasteiger charge is 2.50. The molecule has 1 aliphatic carbocycles. The molecule has 0 N–H and O–H groups in total. The number of allylic oxidation sites excluding steroid dienone is 3. The Bertz CT molecular complexity index is 2240. The highest BCUT2D eigenvalue weighted by Crippen LogP contribution is 2.54. The zero-order valence-corrected chi connectivity index (χ0v) is 34.2. The van der Waals surface area contributed by atoms with Crippen LogP contribution in [0.4, 0.5) is 28.4 Å². The molecule has 3 heterocycles. The summed E-state index contributed by atoms with van der Waals surface area (Å²) >= 11 is 0. The van der Waals surface area contributed by atoms with Crippen molar-refractivity contribution >= 4 is 46.1 Å². The first kappa shape index (κ1) is 35.6. The summed E-state index contributed by atoms with van der Waals surface area (Å²) in [7, 11) is 0. The first-order chi connectivity index (χ1) is 24.9. The van der Waals surface area contributed by atoms with E-state index >= 15 is 0 Å². The molecule has 4 aliphatic rings. The van der Waals surface area contributed by atoms with Crippen molar-refractivity contribution in [2.75, 3.05) is 9.80 Å². The van der Waals surface area contributed by atoms with Gasteiger partial charge in [0.25, 0.3) is 6.71 Å². The predicted molar refractivity (Wildman–Crippen MR) is 228 cm³/mol. The maximum atomic E-state index is 6.90. The lowest BCUT2D eigenvalue weighted by Gasteiger charge is -2.49. The van der Waals surface area contributed by atoms with Gasteiger partial charge in [0.2, 0.25) is 0 Å². The SMILES string of the molecule is Cc1cc2c3c(c1)N(c1ccc(C(C)(C)C)cc1C)c1c(ccc4c1C(C)(C)CCC4(C)C)B3C1=C(C/C=C\C=C/O1)N2c1ccc(C(C)(C)C)cc1. The summed E-state index contributed by atoms with van der Waals surface area (Å²) in [6.07, 6.45) is 11.4. The molecule has 0 radical (unpaired) electrons. The second-order valence-corrected chi connectivity index (χ2v) is 19.5. The normalized spacial score (nSPS) is 19.7. The van der Waals surface area contributed by atoms with E-state index in [0.29, 0.717) is 0 Å². The number of anilines is 5. The van der Waals surface area contributed by atoms with Gasteiger partial charge in [0, 0.05) is 34.9 Å². The van der Waals surface area contributed by atoms with Crippen molar-refractivity contribution in [3.05, 3.63) is 136 Å². The summed E-state index contributed by atoms with van der Waals surface area (Å²) in [4.78, 5) is 5.16. The highest BCUT2D eigenvalue weighted by molar-refractivity contribution is 6.94. The Labute approximate surface area is 319 Å². The number of aryl methyl sites for hydroxylation is 2. The van der Waals surface area contributed by atoms with Crippen LogP contribution in [0.3, 0.4) is 0 Å². The summed E-state index contributed by atoms with van der Waals surface area (Å²) in [5.41, 5.74) is 19.5. The molecule has 4 heteroatoms. The smallest absolute Gasteiger partial charge is 0.296 e. The second-order valence-electron chi connectivity index (χ2n) is 19.5. The third-order valence-electron chi connectivity index (χ3n) is 12.5. The number of hydrogen-bond acceptors (Lipinski definition) is 3. The van der Waals surface area contributed by atoms with Gasteiger partial charge >= 0.3 is 0 Å². The molecule has 3 nitrogen and oxygen atoms in total. The molecular weight excluding hydrogens is 643 g/mol. The predicted octanol–water partition coefficient (Wildman–Crippen LogP) is 12.0. The first-order valence-electron chi connectivity index (χ1n) is 19.7. The van der Waals surface area contributed by atoms with E-state index in [2.05, 4.69) is 172 Å². The van der Waals surface area contributed by atoms with Gasteiger partial charge in [-0.3, -0.25) is 0 Å². The van der Waals surface area contributed by atoms with Crippen LogP contribution in [-0.2, 0) is 26.4 Å². The van der Waals surface area contributed by atoms with Crippen LogP contribution in [0.2, 0.25) is 0 Å². The van der Waals surface area contributed by atoms with Crippen LogP contribution in [0.1, 0.15) is 122 Å². The molecule has 4 aromatic rings. The van der Waals surface area contributed by atoms with Gasteiger partial charge in [0.15, 0.2) is 0 Å². The zero-order chi connectivity index (χ0) is 37.8. The molecule has 0 saturated heterocycles. The standard InChI is InChI=1S/C49H57BN2O/c1-31-28-40-43-41(29-31)52(38-24-19-34(30-32(38)2)47(6,7)8)44-37(23-22-36-42(44)49(11,12)26-25-48(36,9)10)50(43)45-39(16-14-13-15-27-53-45)51(40)35-20-17-33(18-21-35)46(3,4)5/h13-15,17-24,27-30H,16,25-26H2,1-12H3/b14-13-,27-15-. The van der Waals surface area contributed by atoms with E-state index in [4.69, 9.17) is 4.74 Å². The average Bonchev–Trinajstić information content (AvgIpc) is 3.06. The quantitative estimate of drug-likeness (QED) is 0.194. The third-order valence-corrected chi connectivity index (χ3v) is 12.5. The molecule has 0 spiro atoms. The maximum Gasteiger partial charge on any atom is 0.296 e. The fourth-order valence-corrected chi connectivity index (χ4v) is 9.38. The highest BCUT2D eigenvalue weighted by atomic mass is 16.5. The van der Waals surface area contributed by atoms with E-state index in [-0.39, 0.29) is 28.4 Å². The molecule has 8 rings (SSSR count). The fourth-order valence-electron chi connectivity index (χ4n) is 9.38. The fraction of sp³-hybridized carbons (Fsp3) is 0.388. The largest absolute Gasteiger partial charge is 0.477 e. The van der Waals surface area contributed by atoms with Crippen LogP contribution in [0.15, 0.2) is 103 Å². The summed E-state index contributed by atoms with van der Waals surface area (Å²) in [6.45, 7) is 28.2. The Hall–Kier alpha value is -4.44. The summed E-state index contributed by atoms with van der Waals surface area (Å²) < 4.78 is 6.90. The van der Waals surface area contributed by atoms with Gasteiger partial charge in [0.1, 0.15) is 0 Å². The molecule has 0 atom stereocenters. The van der Waals surface area contributed by atoms with Gasteiger partial charge in [0.05, 0.1) is 17.6 Å². The molecule has 0 aromatic heterocycles. The molecule has 0 fully saturated rings. The van der Waals surface area contributed by atoms with Gasteiger partial charge in [-0.05, 0) is 129 Å². The van der Waals surface area contributed by atoms with Crippen LogP contribution in [0.5, 0.6) is 0 Å². The van der Waals surface area contributed by atoms with Gasteiger partial charge in [-0.25, -0.2) is 0 Å². The Kier molecular flexibility index (Phi) is 8.08. The van der Waals surface area contributed by atoms with Crippen molar-refractivity contribution in [1.82, 2.24) is 0 Å². The average molecular weight is 701 g/mol. The molecule has 272 valence electrons. The minimum Gasteiger partial charge on any atom is -0.477 e. The van der Waals surface area contributed by atoms with Gasteiger partial charge < -0.3 is 14.5 Å². The van der Waals surface area contributed by atoms with Crippen molar-refractivity contribution in [3.8, 4) is 0 Å². The van der Waals surface area contributed by atoms with E-state index < -0.39 is 0 Å². The molecular formula is C49H57BN2O. The van der Waals surface area contributed by atoms with E-state index in [1.807, 2.05) is 12.3 Å². The Morgan fingerprint density at radius 1 is 0.679 bits per heavy atom. The molecule has 53 heavy (non-hydrogen) atoms. The van der Waals surface area contributed by atoms with Crippen LogP contribution < -0.4 is 20.7 Å². The van der Waals surface area contributed by atoms with E-state index in [9.17, 15) is 0 Å². The zero-order valence-electron chi connectivity index (χ0n) is 34.2. The number of benzene rings is 4. The monoisotopic (exact) mass is 700 g/mol. The van der Waals surface area contributed by atoms with Crippen molar-refractivity contribution in [1.29, 1.82) is 0 Å². The van der Waals surface area contributed by atoms with E-state index in [0.717, 1.165) is 24.2 Å². The van der Waals surface area contributed by atoms with Crippen molar-refractivity contribution in [2.45, 2.75) is 124 Å². The number of ether oxygens (including phenoxy) is 1. The Morgan fingerprint density at radius 2 is 1.32 bits per heavy atom. The van der Waals surface area contributed by atoms with Crippen molar-refractivity contribution in [2.24, 2.45) is 0 Å². The number of nitrogens with zero attached hydrogens (tertiary/aromatic N) is 2. The second kappa shape index (κ2) is 12.0. The maximum absolute atomic E-state index is 6.90. The van der Waals surface area contributed by atoms with Crippen LogP contribution in [-0.4, -0.2) is 6.71 Å². The minimum absolute atomic E-state index is 0.00496. The Morgan fingerprint density at radius 3 is 1.98 bits per heavy atom. The first-order valence-corrected chi connectivity index (χ1v) is 19.7. The van der Waals surface area contributed by atoms with E-state index in [1.165, 1.54) is 79.2 Å². The van der Waals surface area contributed by atoms with Gasteiger partial charge in [-0.15, -0.1) is 0 Å². The molecule has 0 bridgehead atoms. The lowest BCUT2D eigenvalue weighted by atomic mass is 9.35. The number of fused-ring (bicyclic) bond motifs is 5. The summed E-state index contributed by atoms with van der Waals surface area (Å²) in [6, 6.07) is 26.2. The molecule has 0 unspecified atom stereocenters. The van der Waals surface area contributed by atoms with Crippen molar-refractivity contribution in [3.63, 3.8) is 0 Å². The van der Waals surface area contributed by atoms with Crippen LogP contribution >= 0.6 is 0 Å². The number of rotatable bonds is 2. The van der Waals surface area contributed by atoms with Crippen LogP contribution in [0, 0.1) is 13.8 Å². The topological polar surface area (TPSA) is 15.7 Å². The lowest BCUT2D eigenvalue weighted by Crippen LogP contribution is -2.57.